The van der Waals surface area contributed by atoms with E-state index in [0.29, 0.717) is 11.3 Å². The van der Waals surface area contributed by atoms with Gasteiger partial charge >= 0.3 is 0 Å². The predicted molar refractivity (Wildman–Crippen MR) is 74.5 cm³/mol. The van der Waals surface area contributed by atoms with Crippen molar-refractivity contribution in [3.63, 3.8) is 0 Å². The summed E-state index contributed by atoms with van der Waals surface area (Å²) in [5.74, 6) is 0. The van der Waals surface area contributed by atoms with Crippen molar-refractivity contribution in [2.75, 3.05) is 13.6 Å². The van der Waals surface area contributed by atoms with Crippen molar-refractivity contribution in [2.45, 2.75) is 49.4 Å². The molecule has 2 heterocycles. The molecular formula is C14H22N2S. The third-order valence-corrected chi connectivity index (χ3v) is 4.23. The normalized spacial score (nSPS) is 22.0. The topological polar surface area (TPSA) is 16.1 Å². The van der Waals surface area contributed by atoms with Gasteiger partial charge in [0.1, 0.15) is 0 Å². The lowest BCUT2D eigenvalue weighted by Gasteiger charge is -2.32. The van der Waals surface area contributed by atoms with E-state index in [1.54, 1.807) is 0 Å². The number of rotatable bonds is 3. The molecule has 0 radical (unpaired) electrons. The van der Waals surface area contributed by atoms with Crippen LogP contribution >= 0.6 is 11.8 Å². The molecule has 2 rings (SSSR count). The molecule has 2 nitrogen and oxygen atoms in total. The van der Waals surface area contributed by atoms with E-state index in [9.17, 15) is 0 Å². The average Bonchev–Trinajstić information content (AvgIpc) is 2.30. The molecule has 17 heavy (non-hydrogen) atoms. The standard InChI is InChI=1S/C14H22N2S/c1-11(2)17-14-8-7-12(10-15-14)13-6-4-5-9-16(13)3/h7-8,10-11,13H,4-6,9H2,1-3H3/t13-/m1/s1. The minimum absolute atomic E-state index is 0.578. The maximum absolute atomic E-state index is 4.56. The maximum atomic E-state index is 4.56. The van der Waals surface area contributed by atoms with Gasteiger partial charge in [0.2, 0.25) is 0 Å². The van der Waals surface area contributed by atoms with Gasteiger partial charge < -0.3 is 0 Å². The monoisotopic (exact) mass is 250 g/mol. The molecule has 1 aromatic heterocycles. The zero-order valence-electron chi connectivity index (χ0n) is 11.0. The summed E-state index contributed by atoms with van der Waals surface area (Å²) < 4.78 is 0. The SMILES string of the molecule is CC(C)Sc1ccc([C@H]2CCCCN2C)cn1. The molecule has 0 N–H and O–H groups in total. The second-order valence-electron chi connectivity index (χ2n) is 5.09. The second kappa shape index (κ2) is 5.87. The lowest BCUT2D eigenvalue weighted by Crippen LogP contribution is -2.29. The van der Waals surface area contributed by atoms with Crippen molar-refractivity contribution < 1.29 is 0 Å². The van der Waals surface area contributed by atoms with Crippen molar-refractivity contribution >= 4 is 11.8 Å². The Hall–Kier alpha value is -0.540. The quantitative estimate of drug-likeness (QED) is 0.760. The van der Waals surface area contributed by atoms with Crippen molar-refractivity contribution in [2.24, 2.45) is 0 Å². The first kappa shape index (κ1) is 12.9. The summed E-state index contributed by atoms with van der Waals surface area (Å²) in [6.07, 6.45) is 6.02. The summed E-state index contributed by atoms with van der Waals surface area (Å²) >= 11 is 1.83. The number of thioether (sulfide) groups is 1. The van der Waals surface area contributed by atoms with E-state index in [1.165, 1.54) is 31.4 Å². The predicted octanol–water partition coefficient (Wildman–Crippen LogP) is 3.74. The highest BCUT2D eigenvalue weighted by molar-refractivity contribution is 7.99. The Morgan fingerprint density at radius 1 is 1.35 bits per heavy atom. The van der Waals surface area contributed by atoms with Crippen LogP contribution < -0.4 is 0 Å². The molecule has 1 fully saturated rings. The summed E-state index contributed by atoms with van der Waals surface area (Å²) in [4.78, 5) is 7.02. The number of hydrogen-bond acceptors (Lipinski definition) is 3. The summed E-state index contributed by atoms with van der Waals surface area (Å²) in [5.41, 5.74) is 1.38. The number of aromatic nitrogens is 1. The van der Waals surface area contributed by atoms with Crippen LogP contribution in [0.15, 0.2) is 23.4 Å². The van der Waals surface area contributed by atoms with Crippen molar-refractivity contribution in [3.05, 3.63) is 23.9 Å². The highest BCUT2D eigenvalue weighted by Gasteiger charge is 2.20. The minimum atomic E-state index is 0.578. The smallest absolute Gasteiger partial charge is 0.0962 e. The Morgan fingerprint density at radius 2 is 2.18 bits per heavy atom. The average molecular weight is 250 g/mol. The fraction of sp³-hybridized carbons (Fsp3) is 0.643. The zero-order chi connectivity index (χ0) is 12.3. The highest BCUT2D eigenvalue weighted by Crippen LogP contribution is 2.30. The minimum Gasteiger partial charge on any atom is -0.299 e. The molecule has 1 aromatic rings. The van der Waals surface area contributed by atoms with Gasteiger partial charge in [0.05, 0.1) is 5.03 Å². The summed E-state index contributed by atoms with van der Waals surface area (Å²) in [6.45, 7) is 5.62. The molecule has 0 aromatic carbocycles. The van der Waals surface area contributed by atoms with Crippen LogP contribution in [-0.2, 0) is 0 Å². The molecule has 1 atom stereocenters. The van der Waals surface area contributed by atoms with Crippen molar-refractivity contribution in [3.8, 4) is 0 Å². The molecule has 0 spiro atoms. The van der Waals surface area contributed by atoms with Gasteiger partial charge in [-0.25, -0.2) is 4.98 Å². The molecule has 0 aliphatic carbocycles. The third kappa shape index (κ3) is 3.46. The Kier molecular flexibility index (Phi) is 4.46. The van der Waals surface area contributed by atoms with Crippen LogP contribution in [0.4, 0.5) is 0 Å². The summed E-state index contributed by atoms with van der Waals surface area (Å²) in [6, 6.07) is 5.00. The van der Waals surface area contributed by atoms with Crippen LogP contribution in [0.1, 0.15) is 44.7 Å². The zero-order valence-corrected chi connectivity index (χ0v) is 11.8. The number of piperidine rings is 1. The van der Waals surface area contributed by atoms with Gasteiger partial charge in [-0.2, -0.15) is 0 Å². The number of hydrogen-bond donors (Lipinski definition) is 0. The van der Waals surface area contributed by atoms with Crippen LogP contribution in [0, 0.1) is 0 Å². The van der Waals surface area contributed by atoms with Gasteiger partial charge in [-0.05, 0) is 38.1 Å². The molecule has 0 bridgehead atoms. The van der Waals surface area contributed by atoms with Crippen molar-refractivity contribution in [1.82, 2.24) is 9.88 Å². The van der Waals surface area contributed by atoms with Gasteiger partial charge in [-0.3, -0.25) is 4.90 Å². The van der Waals surface area contributed by atoms with Gasteiger partial charge in [0.15, 0.2) is 0 Å². The Labute approximate surface area is 109 Å². The van der Waals surface area contributed by atoms with E-state index < -0.39 is 0 Å². The van der Waals surface area contributed by atoms with E-state index in [2.05, 4.69) is 49.1 Å². The van der Waals surface area contributed by atoms with E-state index in [4.69, 9.17) is 0 Å². The first-order valence-electron chi connectivity index (χ1n) is 6.49. The number of pyridine rings is 1. The molecule has 1 saturated heterocycles. The molecule has 0 amide bonds. The van der Waals surface area contributed by atoms with Gasteiger partial charge in [0.25, 0.3) is 0 Å². The van der Waals surface area contributed by atoms with Crippen molar-refractivity contribution in [1.29, 1.82) is 0 Å². The molecular weight excluding hydrogens is 228 g/mol. The first-order chi connectivity index (χ1) is 8.16. The van der Waals surface area contributed by atoms with E-state index >= 15 is 0 Å². The van der Waals surface area contributed by atoms with E-state index in [-0.39, 0.29) is 0 Å². The third-order valence-electron chi connectivity index (χ3n) is 3.27. The first-order valence-corrected chi connectivity index (χ1v) is 7.37. The maximum Gasteiger partial charge on any atom is 0.0962 e. The Morgan fingerprint density at radius 3 is 2.76 bits per heavy atom. The molecule has 0 unspecified atom stereocenters. The fourth-order valence-electron chi connectivity index (χ4n) is 2.40. The lowest BCUT2D eigenvalue weighted by atomic mass is 9.97. The highest BCUT2D eigenvalue weighted by atomic mass is 32.2. The van der Waals surface area contributed by atoms with Crippen LogP contribution in [0.3, 0.4) is 0 Å². The molecule has 0 saturated carbocycles. The summed E-state index contributed by atoms with van der Waals surface area (Å²) in [7, 11) is 2.22. The Balaban J connectivity index is 2.06. The van der Waals surface area contributed by atoms with Gasteiger partial charge in [-0.15, -0.1) is 11.8 Å². The molecule has 3 heteroatoms. The number of nitrogens with zero attached hydrogens (tertiary/aromatic N) is 2. The van der Waals surface area contributed by atoms with Crippen LogP contribution in [0.5, 0.6) is 0 Å². The van der Waals surface area contributed by atoms with E-state index in [1.807, 2.05) is 11.8 Å². The van der Waals surface area contributed by atoms with Gasteiger partial charge in [-0.1, -0.05) is 26.3 Å². The largest absolute Gasteiger partial charge is 0.299 e. The number of likely N-dealkylation sites (tertiary alicyclic amines) is 1. The summed E-state index contributed by atoms with van der Waals surface area (Å²) in [5, 5.41) is 1.74. The Bertz CT molecular complexity index is 348. The van der Waals surface area contributed by atoms with Crippen LogP contribution in [-0.4, -0.2) is 28.7 Å². The van der Waals surface area contributed by atoms with Crippen LogP contribution in [0.2, 0.25) is 0 Å². The van der Waals surface area contributed by atoms with E-state index in [0.717, 1.165) is 5.03 Å². The van der Waals surface area contributed by atoms with Gasteiger partial charge in [0, 0.05) is 17.5 Å². The molecule has 1 aliphatic rings. The fourth-order valence-corrected chi connectivity index (χ4v) is 3.14. The van der Waals surface area contributed by atoms with Crippen LogP contribution in [0.25, 0.3) is 0 Å². The second-order valence-corrected chi connectivity index (χ2v) is 6.69. The lowest BCUT2D eigenvalue weighted by molar-refractivity contribution is 0.187. The molecule has 94 valence electrons. The molecule has 1 aliphatic heterocycles.